The van der Waals surface area contributed by atoms with Gasteiger partial charge in [0.2, 0.25) is 0 Å². The number of nitrogens with one attached hydrogen (secondary N) is 1. The van der Waals surface area contributed by atoms with Crippen molar-refractivity contribution < 1.29 is 4.79 Å². The van der Waals surface area contributed by atoms with Gasteiger partial charge in [-0.1, -0.05) is 36.5 Å². The van der Waals surface area contributed by atoms with Gasteiger partial charge in [-0.2, -0.15) is 0 Å². The predicted octanol–water partition coefficient (Wildman–Crippen LogP) is 4.40. The molecule has 4 rings (SSSR count). The van der Waals surface area contributed by atoms with Gasteiger partial charge in [0.25, 0.3) is 5.91 Å². The van der Waals surface area contributed by atoms with Crippen molar-refractivity contribution in [2.75, 3.05) is 26.2 Å². The molecule has 1 fully saturated rings. The number of rotatable bonds is 7. The number of hydrogen-bond acceptors (Lipinski definition) is 7. The van der Waals surface area contributed by atoms with Gasteiger partial charge in [0.1, 0.15) is 10.0 Å². The van der Waals surface area contributed by atoms with Gasteiger partial charge in [-0.05, 0) is 75.6 Å². The monoisotopic (exact) mass is 441 g/mol. The fraction of sp³-hybridized carbons (Fsp3) is 0.455. The molecule has 0 aliphatic carbocycles. The van der Waals surface area contributed by atoms with Crippen LogP contribution < -0.4 is 5.32 Å². The van der Waals surface area contributed by atoms with Crippen LogP contribution in [-0.4, -0.2) is 52.2 Å². The van der Waals surface area contributed by atoms with Gasteiger partial charge in [0.15, 0.2) is 4.34 Å². The lowest BCUT2D eigenvalue weighted by Gasteiger charge is -2.30. The molecular weight excluding hydrogens is 414 g/mol. The van der Waals surface area contributed by atoms with Gasteiger partial charge < -0.3 is 10.2 Å². The van der Waals surface area contributed by atoms with E-state index < -0.39 is 0 Å². The number of pyridine rings is 1. The first-order chi connectivity index (χ1) is 14.6. The zero-order chi connectivity index (χ0) is 20.9. The average Bonchev–Trinajstić information content (AvgIpc) is 3.16. The molecule has 8 heteroatoms. The molecule has 1 aromatic carbocycles. The first-order valence-electron chi connectivity index (χ1n) is 10.5. The topological polar surface area (TPSA) is 71.0 Å². The third-order valence-electron chi connectivity index (χ3n) is 5.45. The van der Waals surface area contributed by atoms with E-state index in [9.17, 15) is 4.79 Å². The molecule has 1 N–H and O–H groups in total. The van der Waals surface area contributed by atoms with Crippen LogP contribution in [0.15, 0.2) is 39.7 Å². The second kappa shape index (κ2) is 9.85. The average molecular weight is 442 g/mol. The molecule has 0 bridgehead atoms. The Morgan fingerprint density at radius 1 is 1.27 bits per heavy atom. The van der Waals surface area contributed by atoms with Gasteiger partial charge in [0.05, 0.1) is 11.1 Å². The minimum Gasteiger partial charge on any atom is -0.352 e. The molecule has 158 valence electrons. The number of para-hydroxylation sites is 1. The van der Waals surface area contributed by atoms with E-state index >= 15 is 0 Å². The lowest BCUT2D eigenvalue weighted by molar-refractivity contribution is 0.0952. The molecule has 1 amide bonds. The number of benzene rings is 1. The van der Waals surface area contributed by atoms with E-state index in [-0.39, 0.29) is 5.91 Å². The third-order valence-corrected chi connectivity index (χ3v) is 7.26. The quantitative estimate of drug-likeness (QED) is 0.548. The van der Waals surface area contributed by atoms with Gasteiger partial charge in [-0.25, -0.2) is 4.98 Å². The summed E-state index contributed by atoms with van der Waals surface area (Å²) in [4.78, 5) is 20.2. The molecule has 1 aliphatic rings. The van der Waals surface area contributed by atoms with Crippen LogP contribution in [0.2, 0.25) is 0 Å². The van der Waals surface area contributed by atoms with E-state index in [0.29, 0.717) is 12.1 Å². The number of likely N-dealkylation sites (tertiary alicyclic amines) is 1. The molecule has 2 aromatic heterocycles. The third kappa shape index (κ3) is 5.36. The maximum absolute atomic E-state index is 13.0. The molecule has 3 aromatic rings. The summed E-state index contributed by atoms with van der Waals surface area (Å²) in [6, 6.07) is 9.65. The van der Waals surface area contributed by atoms with Crippen LogP contribution in [-0.2, 0) is 0 Å². The smallest absolute Gasteiger partial charge is 0.252 e. The Labute approximate surface area is 185 Å². The minimum absolute atomic E-state index is 0.0452. The van der Waals surface area contributed by atoms with Crippen molar-refractivity contribution in [2.45, 2.75) is 42.5 Å². The Morgan fingerprint density at radius 3 is 2.83 bits per heavy atom. The Morgan fingerprint density at radius 2 is 2.07 bits per heavy atom. The number of aryl methyl sites for hydroxylation is 1. The lowest BCUT2D eigenvalue weighted by atomic mass is 9.99. The predicted molar refractivity (Wildman–Crippen MR) is 122 cm³/mol. The standard InChI is InChI=1S/C22H27N5OS2/c1-15-8-12-27(13-9-15)11-5-10-23-21(28)18-14-20(30-22-26-25-16(2)29-22)24-19-7-4-3-6-17(18)19/h3-4,6-7,14-15H,5,8-13H2,1-2H3,(H,23,28). The number of carbonyl (C=O) groups excluding carboxylic acids is 1. The van der Waals surface area contributed by atoms with E-state index in [1.54, 1.807) is 0 Å². The number of carbonyl (C=O) groups is 1. The van der Waals surface area contributed by atoms with E-state index in [0.717, 1.165) is 44.2 Å². The summed E-state index contributed by atoms with van der Waals surface area (Å²) in [5.41, 5.74) is 1.48. The molecular formula is C22H27N5OS2. The van der Waals surface area contributed by atoms with Crippen molar-refractivity contribution in [1.29, 1.82) is 0 Å². The molecule has 6 nitrogen and oxygen atoms in total. The van der Waals surface area contributed by atoms with E-state index in [2.05, 4.69) is 27.3 Å². The summed E-state index contributed by atoms with van der Waals surface area (Å²) in [5.74, 6) is 0.799. The largest absolute Gasteiger partial charge is 0.352 e. The molecule has 0 saturated carbocycles. The number of hydrogen-bond donors (Lipinski definition) is 1. The molecule has 3 heterocycles. The second-order valence-electron chi connectivity index (χ2n) is 7.85. The summed E-state index contributed by atoms with van der Waals surface area (Å²) < 4.78 is 0.831. The maximum atomic E-state index is 13.0. The van der Waals surface area contributed by atoms with Crippen LogP contribution in [0.1, 0.15) is 41.6 Å². The summed E-state index contributed by atoms with van der Waals surface area (Å²) in [7, 11) is 0. The molecule has 30 heavy (non-hydrogen) atoms. The van der Waals surface area contributed by atoms with Crippen molar-refractivity contribution in [3.05, 3.63) is 40.9 Å². The first kappa shape index (κ1) is 21.2. The van der Waals surface area contributed by atoms with Crippen molar-refractivity contribution in [2.24, 2.45) is 5.92 Å². The summed E-state index contributed by atoms with van der Waals surface area (Å²) in [5, 5.41) is 13.9. The van der Waals surface area contributed by atoms with Crippen LogP contribution >= 0.6 is 23.1 Å². The van der Waals surface area contributed by atoms with Gasteiger partial charge >= 0.3 is 0 Å². The molecule has 0 atom stereocenters. The van der Waals surface area contributed by atoms with Crippen LogP contribution in [0.4, 0.5) is 0 Å². The minimum atomic E-state index is -0.0452. The molecule has 1 aliphatic heterocycles. The lowest BCUT2D eigenvalue weighted by Crippen LogP contribution is -2.35. The van der Waals surface area contributed by atoms with E-state index in [1.165, 1.54) is 49.0 Å². The van der Waals surface area contributed by atoms with Crippen LogP contribution in [0.25, 0.3) is 10.9 Å². The normalized spacial score (nSPS) is 15.5. The Bertz CT molecular complexity index is 1010. The Balaban J connectivity index is 1.41. The van der Waals surface area contributed by atoms with Gasteiger partial charge in [-0.15, -0.1) is 10.2 Å². The number of amides is 1. The van der Waals surface area contributed by atoms with Crippen molar-refractivity contribution in [3.63, 3.8) is 0 Å². The highest BCUT2D eigenvalue weighted by molar-refractivity contribution is 8.01. The molecule has 0 unspecified atom stereocenters. The van der Waals surface area contributed by atoms with Gasteiger partial charge in [0, 0.05) is 11.9 Å². The molecule has 0 radical (unpaired) electrons. The highest BCUT2D eigenvalue weighted by Gasteiger charge is 2.16. The Kier molecular flexibility index (Phi) is 6.97. The maximum Gasteiger partial charge on any atom is 0.252 e. The highest BCUT2D eigenvalue weighted by atomic mass is 32.2. The zero-order valence-corrected chi connectivity index (χ0v) is 19.1. The van der Waals surface area contributed by atoms with Crippen molar-refractivity contribution in [3.8, 4) is 0 Å². The van der Waals surface area contributed by atoms with Crippen molar-refractivity contribution in [1.82, 2.24) is 25.4 Å². The zero-order valence-electron chi connectivity index (χ0n) is 17.4. The molecule has 0 spiro atoms. The SMILES string of the molecule is Cc1nnc(Sc2cc(C(=O)NCCCN3CCC(C)CC3)c3ccccc3n2)s1. The number of fused-ring (bicyclic) bond motifs is 1. The summed E-state index contributed by atoms with van der Waals surface area (Å²) in [6.45, 7) is 8.33. The summed E-state index contributed by atoms with van der Waals surface area (Å²) >= 11 is 2.98. The van der Waals surface area contributed by atoms with Crippen LogP contribution in [0, 0.1) is 12.8 Å². The number of nitrogens with zero attached hydrogens (tertiary/aromatic N) is 4. The van der Waals surface area contributed by atoms with Crippen molar-refractivity contribution >= 4 is 39.9 Å². The number of aromatic nitrogens is 3. The van der Waals surface area contributed by atoms with E-state index in [1.807, 2.05) is 37.3 Å². The summed E-state index contributed by atoms with van der Waals surface area (Å²) in [6.07, 6.45) is 3.53. The van der Waals surface area contributed by atoms with Crippen LogP contribution in [0.5, 0.6) is 0 Å². The Hall–Kier alpha value is -2.03. The van der Waals surface area contributed by atoms with Gasteiger partial charge in [-0.3, -0.25) is 4.79 Å². The second-order valence-corrected chi connectivity index (χ2v) is 10.3. The fourth-order valence-corrected chi connectivity index (χ4v) is 5.47. The molecule has 1 saturated heterocycles. The van der Waals surface area contributed by atoms with E-state index in [4.69, 9.17) is 4.98 Å². The highest BCUT2D eigenvalue weighted by Crippen LogP contribution is 2.31. The fourth-order valence-electron chi connectivity index (χ4n) is 3.69. The number of piperidine rings is 1. The van der Waals surface area contributed by atoms with Crippen LogP contribution in [0.3, 0.4) is 0 Å². The first-order valence-corrected chi connectivity index (χ1v) is 12.1.